The van der Waals surface area contributed by atoms with Gasteiger partial charge in [-0.2, -0.15) is 0 Å². The number of amides is 1. The summed E-state index contributed by atoms with van der Waals surface area (Å²) in [7, 11) is 0. The fraction of sp³-hybridized carbons (Fsp3) is 0.350. The highest BCUT2D eigenvalue weighted by atomic mass is 79.9. The van der Waals surface area contributed by atoms with E-state index in [1.807, 2.05) is 30.3 Å². The molecule has 1 fully saturated rings. The molecule has 3 rings (SSSR count). The topological polar surface area (TPSA) is 41.6 Å². The molecule has 0 radical (unpaired) electrons. The van der Waals surface area contributed by atoms with Crippen LogP contribution in [-0.4, -0.2) is 43.7 Å². The third-order valence-electron chi connectivity index (χ3n) is 4.49. The third kappa shape index (κ3) is 5.37. The first-order valence-corrected chi connectivity index (χ1v) is 9.49. The van der Waals surface area contributed by atoms with Crippen LogP contribution >= 0.6 is 15.9 Å². The van der Waals surface area contributed by atoms with E-state index in [1.54, 1.807) is 12.1 Å². The molecule has 0 aromatic heterocycles. The van der Waals surface area contributed by atoms with Crippen LogP contribution in [0.2, 0.25) is 0 Å². The fourth-order valence-corrected chi connectivity index (χ4v) is 3.39. The molecule has 1 atom stereocenters. The Kier molecular flexibility index (Phi) is 6.77. The SMILES string of the molecule is O=C(Cc1ccc(Br)cc1)NCC(c1cccc(F)c1)N1CCOCC1. The summed E-state index contributed by atoms with van der Waals surface area (Å²) in [5.41, 5.74) is 1.83. The summed E-state index contributed by atoms with van der Waals surface area (Å²) in [6.45, 7) is 3.28. The average molecular weight is 421 g/mol. The number of morpholine rings is 1. The number of ether oxygens (including phenoxy) is 1. The van der Waals surface area contributed by atoms with Gasteiger partial charge in [0.1, 0.15) is 5.82 Å². The molecular weight excluding hydrogens is 399 g/mol. The number of rotatable bonds is 6. The van der Waals surface area contributed by atoms with Crippen molar-refractivity contribution in [2.75, 3.05) is 32.8 Å². The monoisotopic (exact) mass is 420 g/mol. The Morgan fingerprint density at radius 1 is 1.19 bits per heavy atom. The molecule has 1 heterocycles. The summed E-state index contributed by atoms with van der Waals surface area (Å²) >= 11 is 3.39. The number of benzene rings is 2. The molecule has 1 aliphatic rings. The van der Waals surface area contributed by atoms with Gasteiger partial charge in [-0.05, 0) is 35.4 Å². The highest BCUT2D eigenvalue weighted by Crippen LogP contribution is 2.22. The first-order chi connectivity index (χ1) is 12.6. The van der Waals surface area contributed by atoms with E-state index in [1.165, 1.54) is 6.07 Å². The van der Waals surface area contributed by atoms with Crippen LogP contribution in [0.3, 0.4) is 0 Å². The lowest BCUT2D eigenvalue weighted by Gasteiger charge is -2.35. The minimum absolute atomic E-state index is 0.0398. The van der Waals surface area contributed by atoms with Crippen molar-refractivity contribution in [3.8, 4) is 0 Å². The molecule has 2 aromatic rings. The number of carbonyl (C=O) groups excluding carboxylic acids is 1. The highest BCUT2D eigenvalue weighted by Gasteiger charge is 2.23. The molecule has 0 bridgehead atoms. The van der Waals surface area contributed by atoms with Gasteiger partial charge in [-0.1, -0.05) is 40.2 Å². The van der Waals surface area contributed by atoms with Crippen LogP contribution in [0.5, 0.6) is 0 Å². The highest BCUT2D eigenvalue weighted by molar-refractivity contribution is 9.10. The van der Waals surface area contributed by atoms with Gasteiger partial charge >= 0.3 is 0 Å². The second kappa shape index (κ2) is 9.26. The van der Waals surface area contributed by atoms with E-state index in [2.05, 4.69) is 26.1 Å². The number of nitrogens with zero attached hydrogens (tertiary/aromatic N) is 1. The Morgan fingerprint density at radius 3 is 2.62 bits per heavy atom. The van der Waals surface area contributed by atoms with Crippen LogP contribution in [0.15, 0.2) is 53.0 Å². The van der Waals surface area contributed by atoms with Crippen LogP contribution in [0.4, 0.5) is 4.39 Å². The van der Waals surface area contributed by atoms with Gasteiger partial charge in [-0.25, -0.2) is 4.39 Å². The lowest BCUT2D eigenvalue weighted by atomic mass is 10.0. The third-order valence-corrected chi connectivity index (χ3v) is 5.02. The van der Waals surface area contributed by atoms with E-state index in [0.717, 1.165) is 28.7 Å². The van der Waals surface area contributed by atoms with E-state index in [9.17, 15) is 9.18 Å². The number of halogens is 2. The first-order valence-electron chi connectivity index (χ1n) is 8.70. The van der Waals surface area contributed by atoms with E-state index >= 15 is 0 Å². The summed E-state index contributed by atoms with van der Waals surface area (Å²) in [5, 5.41) is 3.01. The van der Waals surface area contributed by atoms with E-state index in [0.29, 0.717) is 26.2 Å². The Bertz CT molecular complexity index is 733. The first kappa shape index (κ1) is 19.0. The van der Waals surface area contributed by atoms with Crippen molar-refractivity contribution in [3.63, 3.8) is 0 Å². The summed E-state index contributed by atoms with van der Waals surface area (Å²) in [6.07, 6.45) is 0.326. The summed E-state index contributed by atoms with van der Waals surface area (Å²) in [4.78, 5) is 14.6. The van der Waals surface area contributed by atoms with Gasteiger partial charge in [-0.15, -0.1) is 0 Å². The summed E-state index contributed by atoms with van der Waals surface area (Å²) in [5.74, 6) is -0.302. The molecule has 1 saturated heterocycles. The lowest BCUT2D eigenvalue weighted by molar-refractivity contribution is -0.120. The van der Waals surface area contributed by atoms with Crippen molar-refractivity contribution >= 4 is 21.8 Å². The van der Waals surface area contributed by atoms with Crippen molar-refractivity contribution in [1.82, 2.24) is 10.2 Å². The van der Waals surface area contributed by atoms with Crippen molar-refractivity contribution < 1.29 is 13.9 Å². The number of carbonyl (C=O) groups is 1. The zero-order valence-corrected chi connectivity index (χ0v) is 16.0. The van der Waals surface area contributed by atoms with Crippen molar-refractivity contribution in [3.05, 3.63) is 69.9 Å². The van der Waals surface area contributed by atoms with Gasteiger partial charge in [0.05, 0.1) is 25.7 Å². The molecule has 1 N–H and O–H groups in total. The molecule has 4 nitrogen and oxygen atoms in total. The normalized spacial score (nSPS) is 16.2. The van der Waals surface area contributed by atoms with E-state index in [4.69, 9.17) is 4.74 Å². The quantitative estimate of drug-likeness (QED) is 0.778. The van der Waals surface area contributed by atoms with Gasteiger partial charge in [-0.3, -0.25) is 9.69 Å². The molecule has 2 aromatic carbocycles. The zero-order chi connectivity index (χ0) is 18.4. The molecule has 138 valence electrons. The van der Waals surface area contributed by atoms with Crippen LogP contribution in [-0.2, 0) is 16.0 Å². The Morgan fingerprint density at radius 2 is 1.92 bits per heavy atom. The minimum Gasteiger partial charge on any atom is -0.379 e. The zero-order valence-electron chi connectivity index (χ0n) is 14.5. The van der Waals surface area contributed by atoms with Gasteiger partial charge in [0.15, 0.2) is 0 Å². The van der Waals surface area contributed by atoms with Crippen LogP contribution in [0.25, 0.3) is 0 Å². The standard InChI is InChI=1S/C20H22BrFN2O2/c21-17-6-4-15(5-7-17)12-20(25)23-14-19(24-8-10-26-11-9-24)16-2-1-3-18(22)13-16/h1-7,13,19H,8-12,14H2,(H,23,25). The minimum atomic E-state index is -0.262. The van der Waals surface area contributed by atoms with Crippen LogP contribution < -0.4 is 5.32 Å². The summed E-state index contributed by atoms with van der Waals surface area (Å²) < 4.78 is 20.1. The summed E-state index contributed by atoms with van der Waals surface area (Å²) in [6, 6.07) is 14.2. The average Bonchev–Trinajstić information content (AvgIpc) is 2.65. The molecule has 1 aliphatic heterocycles. The van der Waals surface area contributed by atoms with Crippen molar-refractivity contribution in [2.24, 2.45) is 0 Å². The van der Waals surface area contributed by atoms with Gasteiger partial charge in [0.2, 0.25) is 5.91 Å². The Balaban J connectivity index is 1.65. The second-order valence-corrected chi connectivity index (χ2v) is 7.24. The Hall–Kier alpha value is -1.76. The smallest absolute Gasteiger partial charge is 0.224 e. The van der Waals surface area contributed by atoms with E-state index < -0.39 is 0 Å². The molecule has 1 amide bonds. The maximum atomic E-state index is 13.7. The number of nitrogens with one attached hydrogen (secondary N) is 1. The predicted octanol–water partition coefficient (Wildman–Crippen LogP) is 3.32. The second-order valence-electron chi connectivity index (χ2n) is 6.33. The van der Waals surface area contributed by atoms with Crippen molar-refractivity contribution in [2.45, 2.75) is 12.5 Å². The van der Waals surface area contributed by atoms with E-state index in [-0.39, 0.29) is 17.8 Å². The lowest BCUT2D eigenvalue weighted by Crippen LogP contribution is -2.44. The number of hydrogen-bond acceptors (Lipinski definition) is 3. The molecule has 26 heavy (non-hydrogen) atoms. The molecule has 1 unspecified atom stereocenters. The van der Waals surface area contributed by atoms with Crippen molar-refractivity contribution in [1.29, 1.82) is 0 Å². The molecule has 0 saturated carbocycles. The predicted molar refractivity (Wildman–Crippen MR) is 102 cm³/mol. The van der Waals surface area contributed by atoms with Gasteiger partial charge in [0.25, 0.3) is 0 Å². The molecule has 0 spiro atoms. The number of hydrogen-bond donors (Lipinski definition) is 1. The van der Waals surface area contributed by atoms with Gasteiger partial charge in [0, 0.05) is 24.1 Å². The molecule has 6 heteroatoms. The molecule has 0 aliphatic carbocycles. The molecular formula is C20H22BrFN2O2. The maximum absolute atomic E-state index is 13.7. The van der Waals surface area contributed by atoms with Crippen LogP contribution in [0.1, 0.15) is 17.2 Å². The Labute approximate surface area is 161 Å². The fourth-order valence-electron chi connectivity index (χ4n) is 3.12. The van der Waals surface area contributed by atoms with Gasteiger partial charge < -0.3 is 10.1 Å². The largest absolute Gasteiger partial charge is 0.379 e. The maximum Gasteiger partial charge on any atom is 0.224 e. The van der Waals surface area contributed by atoms with Crippen LogP contribution in [0, 0.1) is 5.82 Å².